The molecular formula is C32H35F3O. The second-order valence-electron chi connectivity index (χ2n) is 9.75. The first-order valence-electron chi connectivity index (χ1n) is 13.2. The summed E-state index contributed by atoms with van der Waals surface area (Å²) in [5, 5.41) is 0. The number of rotatable bonds is 9. The molecule has 4 rings (SSSR count). The molecule has 1 nitrogen and oxygen atoms in total. The molecule has 36 heavy (non-hydrogen) atoms. The highest BCUT2D eigenvalue weighted by Crippen LogP contribution is 2.38. The van der Waals surface area contributed by atoms with E-state index in [0.29, 0.717) is 18.1 Å². The van der Waals surface area contributed by atoms with Gasteiger partial charge in [-0.25, -0.2) is 8.78 Å². The van der Waals surface area contributed by atoms with E-state index in [2.05, 4.69) is 19.1 Å². The van der Waals surface area contributed by atoms with Gasteiger partial charge in [-0.1, -0.05) is 68.3 Å². The van der Waals surface area contributed by atoms with Crippen molar-refractivity contribution in [1.29, 1.82) is 0 Å². The molecule has 0 heterocycles. The van der Waals surface area contributed by atoms with Crippen LogP contribution >= 0.6 is 0 Å². The highest BCUT2D eigenvalue weighted by atomic mass is 19.2. The van der Waals surface area contributed by atoms with Crippen molar-refractivity contribution in [1.82, 2.24) is 0 Å². The van der Waals surface area contributed by atoms with Crippen LogP contribution in [0.15, 0.2) is 66.7 Å². The predicted molar refractivity (Wildman–Crippen MR) is 142 cm³/mol. The lowest BCUT2D eigenvalue weighted by atomic mass is 9.78. The molecule has 0 radical (unpaired) electrons. The lowest BCUT2D eigenvalue weighted by molar-refractivity contribution is 0.286. The van der Waals surface area contributed by atoms with Gasteiger partial charge < -0.3 is 4.74 Å². The minimum Gasteiger partial charge on any atom is -0.490 e. The summed E-state index contributed by atoms with van der Waals surface area (Å²) in [6.45, 7) is 4.49. The van der Waals surface area contributed by atoms with Crippen molar-refractivity contribution in [3.8, 4) is 28.0 Å². The van der Waals surface area contributed by atoms with Crippen molar-refractivity contribution in [2.24, 2.45) is 5.92 Å². The van der Waals surface area contributed by atoms with Crippen LogP contribution in [0.1, 0.15) is 70.3 Å². The molecular weight excluding hydrogens is 457 g/mol. The zero-order valence-corrected chi connectivity index (χ0v) is 21.2. The first kappa shape index (κ1) is 26.1. The number of allylic oxidation sites excluding steroid dienone is 2. The maximum Gasteiger partial charge on any atom is 0.201 e. The van der Waals surface area contributed by atoms with Gasteiger partial charge in [-0.05, 0) is 91.3 Å². The maximum absolute atomic E-state index is 15.1. The third-order valence-corrected chi connectivity index (χ3v) is 7.26. The summed E-state index contributed by atoms with van der Waals surface area (Å²) in [4.78, 5) is 0. The molecule has 0 aliphatic heterocycles. The van der Waals surface area contributed by atoms with Gasteiger partial charge in [-0.2, -0.15) is 4.39 Å². The van der Waals surface area contributed by atoms with E-state index in [1.54, 1.807) is 24.3 Å². The van der Waals surface area contributed by atoms with Crippen LogP contribution in [-0.4, -0.2) is 6.61 Å². The SMILES string of the molecule is CC=CC1CCC(c2ccc(-c3ccc(-c4ccc(OCCCCC)c(F)c4F)cc3)cc2F)CC1. The van der Waals surface area contributed by atoms with E-state index < -0.39 is 11.6 Å². The fourth-order valence-corrected chi connectivity index (χ4v) is 5.18. The highest BCUT2D eigenvalue weighted by Gasteiger charge is 2.23. The molecule has 0 atom stereocenters. The van der Waals surface area contributed by atoms with Crippen molar-refractivity contribution < 1.29 is 17.9 Å². The topological polar surface area (TPSA) is 9.23 Å². The van der Waals surface area contributed by atoms with Crippen molar-refractivity contribution in [3.05, 3.63) is 89.8 Å². The average molecular weight is 493 g/mol. The van der Waals surface area contributed by atoms with Crippen LogP contribution in [0.2, 0.25) is 0 Å². The van der Waals surface area contributed by atoms with Crippen LogP contribution in [0, 0.1) is 23.4 Å². The van der Waals surface area contributed by atoms with Gasteiger partial charge in [0.25, 0.3) is 0 Å². The Morgan fingerprint density at radius 1 is 0.806 bits per heavy atom. The first-order valence-corrected chi connectivity index (χ1v) is 13.2. The molecule has 0 saturated heterocycles. The molecule has 0 amide bonds. The minimum absolute atomic E-state index is 0.0603. The van der Waals surface area contributed by atoms with Gasteiger partial charge in [0.1, 0.15) is 5.82 Å². The van der Waals surface area contributed by atoms with Gasteiger partial charge in [-0.3, -0.25) is 0 Å². The number of hydrogen-bond acceptors (Lipinski definition) is 1. The summed E-state index contributed by atoms with van der Waals surface area (Å²) < 4.78 is 49.8. The molecule has 0 spiro atoms. The highest BCUT2D eigenvalue weighted by molar-refractivity contribution is 5.71. The van der Waals surface area contributed by atoms with E-state index in [1.807, 2.05) is 31.2 Å². The van der Waals surface area contributed by atoms with Crippen LogP contribution in [0.4, 0.5) is 13.2 Å². The minimum atomic E-state index is -0.967. The van der Waals surface area contributed by atoms with E-state index in [1.165, 1.54) is 6.07 Å². The summed E-state index contributed by atoms with van der Waals surface area (Å²) in [7, 11) is 0. The summed E-state index contributed by atoms with van der Waals surface area (Å²) >= 11 is 0. The third kappa shape index (κ3) is 6.03. The van der Waals surface area contributed by atoms with Crippen LogP contribution in [0.3, 0.4) is 0 Å². The van der Waals surface area contributed by atoms with Gasteiger partial charge in [0.15, 0.2) is 11.6 Å². The van der Waals surface area contributed by atoms with Crippen molar-refractivity contribution in [2.75, 3.05) is 6.61 Å². The van der Waals surface area contributed by atoms with Crippen LogP contribution < -0.4 is 4.74 Å². The molecule has 0 aromatic heterocycles. The van der Waals surface area contributed by atoms with Crippen LogP contribution in [0.5, 0.6) is 5.75 Å². The quantitative estimate of drug-likeness (QED) is 0.213. The molecule has 1 fully saturated rings. The summed E-state index contributed by atoms with van der Waals surface area (Å²) in [6.07, 6.45) is 11.4. The molecule has 0 unspecified atom stereocenters. The monoisotopic (exact) mass is 492 g/mol. The Morgan fingerprint density at radius 2 is 1.50 bits per heavy atom. The summed E-state index contributed by atoms with van der Waals surface area (Å²) in [6, 6.07) is 15.6. The molecule has 0 bridgehead atoms. The number of unbranched alkanes of at least 4 members (excludes halogenated alkanes) is 2. The molecule has 0 N–H and O–H groups in total. The normalized spacial score (nSPS) is 18.0. The number of halogens is 3. The molecule has 190 valence electrons. The molecule has 1 aliphatic rings. The smallest absolute Gasteiger partial charge is 0.201 e. The van der Waals surface area contributed by atoms with Gasteiger partial charge in [0, 0.05) is 5.56 Å². The molecule has 1 aliphatic carbocycles. The second kappa shape index (κ2) is 12.3. The van der Waals surface area contributed by atoms with E-state index >= 15 is 4.39 Å². The van der Waals surface area contributed by atoms with E-state index in [9.17, 15) is 8.78 Å². The standard InChI is InChI=1S/C32H35F3O/c1-3-5-6-20-36-30-19-18-28(31(34)32(30)35)25-14-12-23(13-15-25)26-16-17-27(29(33)21-26)24-10-8-22(7-4-2)9-11-24/h4,7,12-19,21-22,24H,3,5-6,8-11,20H2,1-2H3. The van der Waals surface area contributed by atoms with Gasteiger partial charge in [-0.15, -0.1) is 0 Å². The van der Waals surface area contributed by atoms with Crippen LogP contribution in [-0.2, 0) is 0 Å². The van der Waals surface area contributed by atoms with E-state index in [-0.39, 0.29) is 23.0 Å². The van der Waals surface area contributed by atoms with E-state index in [4.69, 9.17) is 4.74 Å². The maximum atomic E-state index is 15.1. The summed E-state index contributed by atoms with van der Waals surface area (Å²) in [5.41, 5.74) is 3.13. The fourth-order valence-electron chi connectivity index (χ4n) is 5.18. The van der Waals surface area contributed by atoms with Gasteiger partial charge in [0.2, 0.25) is 5.82 Å². The van der Waals surface area contributed by atoms with Crippen LogP contribution in [0.25, 0.3) is 22.3 Å². The predicted octanol–water partition coefficient (Wildman–Crippen LogP) is 9.86. The Labute approximate surface area is 213 Å². The number of benzene rings is 3. The average Bonchev–Trinajstić information content (AvgIpc) is 2.90. The fraction of sp³-hybridized carbons (Fsp3) is 0.375. The summed E-state index contributed by atoms with van der Waals surface area (Å²) in [5.74, 6) is -1.25. The zero-order chi connectivity index (χ0) is 25.5. The Balaban J connectivity index is 1.46. The second-order valence-corrected chi connectivity index (χ2v) is 9.75. The molecule has 1 saturated carbocycles. The Morgan fingerprint density at radius 3 is 2.17 bits per heavy atom. The Hall–Kier alpha value is -3.01. The zero-order valence-electron chi connectivity index (χ0n) is 21.2. The molecule has 3 aromatic carbocycles. The third-order valence-electron chi connectivity index (χ3n) is 7.26. The molecule has 3 aromatic rings. The largest absolute Gasteiger partial charge is 0.490 e. The Bertz CT molecular complexity index is 1170. The lowest BCUT2D eigenvalue weighted by Crippen LogP contribution is -2.12. The molecule has 4 heteroatoms. The lowest BCUT2D eigenvalue weighted by Gasteiger charge is -2.27. The number of ether oxygens (including phenoxy) is 1. The van der Waals surface area contributed by atoms with Crippen molar-refractivity contribution >= 4 is 0 Å². The van der Waals surface area contributed by atoms with Crippen molar-refractivity contribution in [2.45, 2.75) is 64.7 Å². The first-order chi connectivity index (χ1) is 17.5. The van der Waals surface area contributed by atoms with Gasteiger partial charge in [0.05, 0.1) is 6.61 Å². The number of hydrogen-bond donors (Lipinski definition) is 0. The Kier molecular flexibility index (Phi) is 8.90. The van der Waals surface area contributed by atoms with Crippen molar-refractivity contribution in [3.63, 3.8) is 0 Å². The van der Waals surface area contributed by atoms with E-state index in [0.717, 1.165) is 61.6 Å². The van der Waals surface area contributed by atoms with Gasteiger partial charge >= 0.3 is 0 Å².